The first kappa shape index (κ1) is 33.8. The molecule has 2 aliphatic carbocycles. The number of nitrogens with zero attached hydrogens (tertiary/aromatic N) is 2. The quantitative estimate of drug-likeness (QED) is 0.164. The number of hydrogen-bond acceptors (Lipinski definition) is 2. The van der Waals surface area contributed by atoms with E-state index in [4.69, 9.17) is 9.97 Å². The van der Waals surface area contributed by atoms with Crippen LogP contribution < -0.4 is 0 Å². The van der Waals surface area contributed by atoms with Crippen LogP contribution in [-0.2, 0) is 10.8 Å². The summed E-state index contributed by atoms with van der Waals surface area (Å²) >= 11 is 0. The second-order valence-corrected chi connectivity index (χ2v) is 18.0. The second-order valence-electron chi connectivity index (χ2n) is 18.0. The van der Waals surface area contributed by atoms with Crippen molar-refractivity contribution >= 4 is 64.9 Å². The van der Waals surface area contributed by atoms with Crippen LogP contribution in [0.1, 0.15) is 49.9 Å². The number of aromatic nitrogens is 2. The van der Waals surface area contributed by atoms with Gasteiger partial charge in [-0.25, -0.2) is 9.97 Å². The van der Waals surface area contributed by atoms with Crippen molar-refractivity contribution in [2.24, 2.45) is 0 Å². The van der Waals surface area contributed by atoms with Crippen LogP contribution in [0, 0.1) is 0 Å². The Morgan fingerprint density at radius 1 is 0.350 bits per heavy atom. The van der Waals surface area contributed by atoms with Crippen LogP contribution in [0.5, 0.6) is 0 Å². The Hall–Kier alpha value is -7.16. The fourth-order valence-electron chi connectivity index (χ4n) is 11.5. The summed E-state index contributed by atoms with van der Waals surface area (Å²) in [5.41, 5.74) is 16.7. The molecule has 0 saturated heterocycles. The van der Waals surface area contributed by atoms with Gasteiger partial charge in [-0.1, -0.05) is 179 Å². The summed E-state index contributed by atoms with van der Waals surface area (Å²) in [6.45, 7) is 9.86. The topological polar surface area (TPSA) is 25.8 Å². The maximum Gasteiger partial charge on any atom is 0.0972 e. The van der Waals surface area contributed by atoms with E-state index in [2.05, 4.69) is 191 Å². The molecule has 0 amide bonds. The third-order valence-electron chi connectivity index (χ3n) is 14.1. The predicted molar refractivity (Wildman–Crippen MR) is 253 cm³/mol. The summed E-state index contributed by atoms with van der Waals surface area (Å²) in [5, 5.41) is 12.7. The van der Waals surface area contributed by atoms with Crippen molar-refractivity contribution < 1.29 is 0 Å². The van der Waals surface area contributed by atoms with Crippen LogP contribution in [-0.4, -0.2) is 9.97 Å². The minimum Gasteiger partial charge on any atom is -0.245 e. The van der Waals surface area contributed by atoms with Crippen LogP contribution in [0.3, 0.4) is 0 Å². The molecule has 9 aromatic carbocycles. The number of hydrogen-bond donors (Lipinski definition) is 0. The highest BCUT2D eigenvalue weighted by Gasteiger charge is 2.47. The first-order chi connectivity index (χ1) is 29.3. The number of benzene rings is 9. The third kappa shape index (κ3) is 4.33. The Morgan fingerprint density at radius 3 is 1.53 bits per heavy atom. The average Bonchev–Trinajstić information content (AvgIpc) is 3.67. The number of pyridine rings is 2. The van der Waals surface area contributed by atoms with Crippen molar-refractivity contribution in [2.45, 2.75) is 38.5 Å². The maximum absolute atomic E-state index is 5.50. The van der Waals surface area contributed by atoms with E-state index in [-0.39, 0.29) is 10.8 Å². The molecule has 282 valence electrons. The molecule has 0 aliphatic heterocycles. The summed E-state index contributed by atoms with van der Waals surface area (Å²) in [6.07, 6.45) is 0. The van der Waals surface area contributed by atoms with Gasteiger partial charge in [-0.3, -0.25) is 0 Å². The van der Waals surface area contributed by atoms with E-state index in [1.165, 1.54) is 87.6 Å². The molecule has 60 heavy (non-hydrogen) atoms. The van der Waals surface area contributed by atoms with Gasteiger partial charge in [-0.05, 0) is 106 Å². The molecule has 0 unspecified atom stereocenters. The molecule has 2 nitrogen and oxygen atoms in total. The van der Waals surface area contributed by atoms with Crippen molar-refractivity contribution in [3.8, 4) is 44.8 Å². The molecule has 2 heterocycles. The lowest BCUT2D eigenvalue weighted by Gasteiger charge is -2.31. The first-order valence-corrected chi connectivity index (χ1v) is 21.2. The Balaban J connectivity index is 1.04. The molecule has 0 N–H and O–H groups in total. The zero-order chi connectivity index (χ0) is 40.1. The van der Waals surface area contributed by atoms with Gasteiger partial charge in [0, 0.05) is 32.7 Å². The highest BCUT2D eigenvalue weighted by Crippen LogP contribution is 2.62. The fraction of sp³-hybridized carbons (Fsp3) is 0.103. The minimum absolute atomic E-state index is 0.245. The Kier molecular flexibility index (Phi) is 6.61. The van der Waals surface area contributed by atoms with Crippen molar-refractivity contribution in [3.05, 3.63) is 192 Å². The average molecular weight is 765 g/mol. The molecule has 0 saturated carbocycles. The van der Waals surface area contributed by atoms with Gasteiger partial charge in [0.2, 0.25) is 0 Å². The molecular weight excluding hydrogens is 725 g/mol. The van der Waals surface area contributed by atoms with Gasteiger partial charge in [0.1, 0.15) is 0 Å². The molecule has 2 heteroatoms. The van der Waals surface area contributed by atoms with E-state index in [0.29, 0.717) is 0 Å². The SMILES string of the molecule is CC1(C)c2cc(-c3ccc4ccc5ccc(-c6ccccc6)nc5c4n3)c3ccccc3c2-c2ccc3c(c21)C(C)(C)c1c-3ccc2c3ccccc3c3ccccc3c12. The van der Waals surface area contributed by atoms with Gasteiger partial charge in [0.15, 0.2) is 0 Å². The van der Waals surface area contributed by atoms with Crippen LogP contribution >= 0.6 is 0 Å². The lowest BCUT2D eigenvalue weighted by atomic mass is 9.71. The number of fused-ring (bicyclic) bond motifs is 19. The molecular formula is C58H40N2. The smallest absolute Gasteiger partial charge is 0.0972 e. The Bertz CT molecular complexity index is 3670. The fourth-order valence-corrected chi connectivity index (χ4v) is 11.5. The summed E-state index contributed by atoms with van der Waals surface area (Å²) in [7, 11) is 0. The van der Waals surface area contributed by atoms with Crippen molar-refractivity contribution in [2.75, 3.05) is 0 Å². The van der Waals surface area contributed by atoms with Gasteiger partial charge < -0.3 is 0 Å². The molecule has 0 atom stereocenters. The lowest BCUT2D eigenvalue weighted by Crippen LogP contribution is -2.24. The molecule has 2 aromatic heterocycles. The normalized spacial score (nSPS) is 14.6. The number of rotatable bonds is 2. The Labute approximate surface area is 348 Å². The van der Waals surface area contributed by atoms with Crippen molar-refractivity contribution in [1.82, 2.24) is 9.97 Å². The van der Waals surface area contributed by atoms with Crippen LogP contribution in [0.4, 0.5) is 0 Å². The zero-order valence-corrected chi connectivity index (χ0v) is 34.1. The zero-order valence-electron chi connectivity index (χ0n) is 34.1. The van der Waals surface area contributed by atoms with E-state index in [0.717, 1.165) is 44.3 Å². The monoisotopic (exact) mass is 764 g/mol. The van der Waals surface area contributed by atoms with E-state index in [1.54, 1.807) is 0 Å². The second kappa shape index (κ2) is 11.7. The van der Waals surface area contributed by atoms with E-state index in [9.17, 15) is 0 Å². The third-order valence-corrected chi connectivity index (χ3v) is 14.1. The molecule has 0 radical (unpaired) electrons. The first-order valence-electron chi connectivity index (χ1n) is 21.2. The van der Waals surface area contributed by atoms with Crippen molar-refractivity contribution in [3.63, 3.8) is 0 Å². The molecule has 13 rings (SSSR count). The predicted octanol–water partition coefficient (Wildman–Crippen LogP) is 15.3. The molecule has 2 aliphatic rings. The van der Waals surface area contributed by atoms with E-state index < -0.39 is 0 Å². The van der Waals surface area contributed by atoms with Gasteiger partial charge in [-0.2, -0.15) is 0 Å². The van der Waals surface area contributed by atoms with E-state index in [1.807, 2.05) is 6.07 Å². The van der Waals surface area contributed by atoms with Crippen LogP contribution in [0.15, 0.2) is 170 Å². The molecule has 0 bridgehead atoms. The largest absolute Gasteiger partial charge is 0.245 e. The molecule has 0 spiro atoms. The summed E-state index contributed by atoms with van der Waals surface area (Å²) < 4.78 is 0. The van der Waals surface area contributed by atoms with Gasteiger partial charge >= 0.3 is 0 Å². The highest BCUT2D eigenvalue weighted by molar-refractivity contribution is 6.27. The Morgan fingerprint density at radius 2 is 0.833 bits per heavy atom. The molecule has 0 fully saturated rings. The lowest BCUT2D eigenvalue weighted by molar-refractivity contribution is 0.604. The minimum atomic E-state index is -0.269. The van der Waals surface area contributed by atoms with Gasteiger partial charge in [0.25, 0.3) is 0 Å². The summed E-state index contributed by atoms with van der Waals surface area (Å²) in [4.78, 5) is 10.7. The summed E-state index contributed by atoms with van der Waals surface area (Å²) in [5.74, 6) is 0. The standard InChI is InChI=1S/C58H40N2/c1-57(2)47-32-46(49-31-25-35-23-22-34-24-30-48(33-14-6-5-7-15-33)59-55(34)56(35)60-49)39-19-11-12-20-40(39)50(47)45-29-28-44-43-27-26-42-38-18-9-8-16-36(38)37-17-10-13-21-41(37)51(42)52(43)58(3,4)53(44)54(45)57/h5-32H,1-4H3. The van der Waals surface area contributed by atoms with E-state index >= 15 is 0 Å². The highest BCUT2D eigenvalue weighted by atomic mass is 14.8. The maximum atomic E-state index is 5.50. The van der Waals surface area contributed by atoms with Crippen LogP contribution in [0.25, 0.3) is 110 Å². The molecule has 11 aromatic rings. The van der Waals surface area contributed by atoms with Gasteiger partial charge in [-0.15, -0.1) is 0 Å². The van der Waals surface area contributed by atoms with Gasteiger partial charge in [0.05, 0.1) is 22.4 Å². The van der Waals surface area contributed by atoms with Crippen LogP contribution in [0.2, 0.25) is 0 Å². The van der Waals surface area contributed by atoms with Crippen molar-refractivity contribution in [1.29, 1.82) is 0 Å². The summed E-state index contributed by atoms with van der Waals surface area (Å²) in [6, 6.07) is 62.5.